The molecule has 2 N–H and O–H groups in total. The maximum Gasteiger partial charge on any atom is 0.125 e. The van der Waals surface area contributed by atoms with Crippen LogP contribution in [0, 0.1) is 5.82 Å². The highest BCUT2D eigenvalue weighted by atomic mass is 19.1. The Morgan fingerprint density at radius 1 is 1.16 bits per heavy atom. The van der Waals surface area contributed by atoms with E-state index in [1.165, 1.54) is 12.1 Å². The smallest absolute Gasteiger partial charge is 0.125 e. The summed E-state index contributed by atoms with van der Waals surface area (Å²) in [6.07, 6.45) is 0. The van der Waals surface area contributed by atoms with Crippen molar-refractivity contribution in [2.45, 2.75) is 6.54 Å². The molecule has 0 aromatic heterocycles. The lowest BCUT2D eigenvalue weighted by molar-refractivity contribution is 0.415. The summed E-state index contributed by atoms with van der Waals surface area (Å²) in [5, 5.41) is 0. The second-order valence-electron chi connectivity index (χ2n) is 4.40. The lowest BCUT2D eigenvalue weighted by Crippen LogP contribution is -2.17. The number of anilines is 2. The standard InChI is InChI=1S/C15H17FN2O/c1-18(13-5-7-14(19-2)8-6-13)10-11-3-4-12(16)9-15(11)17/h3-9H,10,17H2,1-2H3. The third kappa shape index (κ3) is 3.16. The molecule has 0 saturated carbocycles. The van der Waals surface area contributed by atoms with E-state index in [4.69, 9.17) is 10.5 Å². The number of rotatable bonds is 4. The lowest BCUT2D eigenvalue weighted by atomic mass is 10.1. The number of hydrogen-bond acceptors (Lipinski definition) is 3. The van der Waals surface area contributed by atoms with Crippen molar-refractivity contribution in [3.8, 4) is 5.75 Å². The summed E-state index contributed by atoms with van der Waals surface area (Å²) < 4.78 is 18.1. The van der Waals surface area contributed by atoms with Gasteiger partial charge in [0.05, 0.1) is 7.11 Å². The van der Waals surface area contributed by atoms with Gasteiger partial charge in [0.25, 0.3) is 0 Å². The van der Waals surface area contributed by atoms with Gasteiger partial charge >= 0.3 is 0 Å². The van der Waals surface area contributed by atoms with E-state index in [1.807, 2.05) is 36.2 Å². The van der Waals surface area contributed by atoms with Crippen LogP contribution in [-0.4, -0.2) is 14.2 Å². The maximum absolute atomic E-state index is 13.0. The van der Waals surface area contributed by atoms with E-state index >= 15 is 0 Å². The van der Waals surface area contributed by atoms with E-state index < -0.39 is 0 Å². The molecule has 2 rings (SSSR count). The summed E-state index contributed by atoms with van der Waals surface area (Å²) in [6, 6.07) is 12.2. The molecule has 0 aliphatic heterocycles. The third-order valence-corrected chi connectivity index (χ3v) is 3.03. The highest BCUT2D eigenvalue weighted by molar-refractivity contribution is 5.53. The van der Waals surface area contributed by atoms with Crippen LogP contribution < -0.4 is 15.4 Å². The molecule has 0 bridgehead atoms. The van der Waals surface area contributed by atoms with E-state index in [2.05, 4.69) is 0 Å². The number of ether oxygens (including phenoxy) is 1. The third-order valence-electron chi connectivity index (χ3n) is 3.03. The predicted molar refractivity (Wildman–Crippen MR) is 75.9 cm³/mol. The maximum atomic E-state index is 13.0. The molecule has 0 amide bonds. The van der Waals surface area contributed by atoms with Crippen molar-refractivity contribution in [3.63, 3.8) is 0 Å². The van der Waals surface area contributed by atoms with Crippen molar-refractivity contribution in [2.24, 2.45) is 0 Å². The van der Waals surface area contributed by atoms with Gasteiger partial charge in [-0.2, -0.15) is 0 Å². The Balaban J connectivity index is 2.13. The van der Waals surface area contributed by atoms with E-state index in [-0.39, 0.29) is 5.82 Å². The first-order valence-corrected chi connectivity index (χ1v) is 5.99. The molecule has 0 saturated heterocycles. The molecule has 0 aliphatic carbocycles. The number of nitrogens with zero attached hydrogens (tertiary/aromatic N) is 1. The minimum Gasteiger partial charge on any atom is -0.497 e. The monoisotopic (exact) mass is 260 g/mol. The quantitative estimate of drug-likeness (QED) is 0.859. The number of methoxy groups -OCH3 is 1. The van der Waals surface area contributed by atoms with Gasteiger partial charge < -0.3 is 15.4 Å². The van der Waals surface area contributed by atoms with Crippen molar-refractivity contribution in [1.29, 1.82) is 0 Å². The summed E-state index contributed by atoms with van der Waals surface area (Å²) >= 11 is 0. The first-order chi connectivity index (χ1) is 9.10. The molecule has 0 spiro atoms. The largest absolute Gasteiger partial charge is 0.497 e. The summed E-state index contributed by atoms with van der Waals surface area (Å²) in [5.41, 5.74) is 8.23. The molecular formula is C15H17FN2O. The Labute approximate surface area is 112 Å². The molecule has 100 valence electrons. The van der Waals surface area contributed by atoms with Crippen LogP contribution in [0.1, 0.15) is 5.56 Å². The molecule has 2 aromatic rings. The van der Waals surface area contributed by atoms with Crippen molar-refractivity contribution >= 4 is 11.4 Å². The molecule has 2 aromatic carbocycles. The van der Waals surface area contributed by atoms with Crippen LogP contribution in [0.3, 0.4) is 0 Å². The second kappa shape index (κ2) is 5.61. The van der Waals surface area contributed by atoms with Crippen LogP contribution in [-0.2, 0) is 6.54 Å². The molecule has 19 heavy (non-hydrogen) atoms. The molecule has 0 aliphatic rings. The number of hydrogen-bond donors (Lipinski definition) is 1. The number of benzene rings is 2. The molecule has 3 nitrogen and oxygen atoms in total. The molecule has 0 unspecified atom stereocenters. The van der Waals surface area contributed by atoms with E-state index in [1.54, 1.807) is 13.2 Å². The highest BCUT2D eigenvalue weighted by Crippen LogP contribution is 2.22. The fourth-order valence-corrected chi connectivity index (χ4v) is 1.89. The molecule has 0 heterocycles. The zero-order valence-electron chi connectivity index (χ0n) is 11.1. The van der Waals surface area contributed by atoms with E-state index in [0.717, 1.165) is 17.0 Å². The predicted octanol–water partition coefficient (Wildman–Crippen LogP) is 3.05. The van der Waals surface area contributed by atoms with Gasteiger partial charge in [-0.1, -0.05) is 6.07 Å². The Hall–Kier alpha value is -2.23. The molecule has 0 fully saturated rings. The van der Waals surface area contributed by atoms with Gasteiger partial charge in [-0.25, -0.2) is 4.39 Å². The zero-order chi connectivity index (χ0) is 13.8. The minimum absolute atomic E-state index is 0.312. The topological polar surface area (TPSA) is 38.5 Å². The van der Waals surface area contributed by atoms with Crippen LogP contribution in [0.15, 0.2) is 42.5 Å². The van der Waals surface area contributed by atoms with Crippen LogP contribution in [0.4, 0.5) is 15.8 Å². The molecule has 4 heteroatoms. The number of nitrogen functional groups attached to an aromatic ring is 1. The average molecular weight is 260 g/mol. The molecule has 0 atom stereocenters. The first kappa shape index (κ1) is 13.2. The Morgan fingerprint density at radius 2 is 1.84 bits per heavy atom. The first-order valence-electron chi connectivity index (χ1n) is 5.99. The van der Waals surface area contributed by atoms with Gasteiger partial charge in [-0.15, -0.1) is 0 Å². The Bertz CT molecular complexity index is 555. The Kier molecular flexibility index (Phi) is 3.90. The number of nitrogens with two attached hydrogens (primary N) is 1. The van der Waals surface area contributed by atoms with Gasteiger partial charge in [-0.05, 0) is 42.0 Å². The van der Waals surface area contributed by atoms with Crippen molar-refractivity contribution < 1.29 is 9.13 Å². The lowest BCUT2D eigenvalue weighted by Gasteiger charge is -2.20. The fourth-order valence-electron chi connectivity index (χ4n) is 1.89. The van der Waals surface area contributed by atoms with Crippen LogP contribution in [0.2, 0.25) is 0 Å². The molecular weight excluding hydrogens is 243 g/mol. The highest BCUT2D eigenvalue weighted by Gasteiger charge is 2.06. The van der Waals surface area contributed by atoms with Crippen LogP contribution >= 0.6 is 0 Å². The fraction of sp³-hybridized carbons (Fsp3) is 0.200. The van der Waals surface area contributed by atoms with Crippen molar-refractivity contribution in [2.75, 3.05) is 24.8 Å². The van der Waals surface area contributed by atoms with Crippen molar-refractivity contribution in [1.82, 2.24) is 0 Å². The van der Waals surface area contributed by atoms with E-state index in [9.17, 15) is 4.39 Å². The van der Waals surface area contributed by atoms with Crippen LogP contribution in [0.5, 0.6) is 5.75 Å². The zero-order valence-corrected chi connectivity index (χ0v) is 11.1. The normalized spacial score (nSPS) is 10.3. The van der Waals surface area contributed by atoms with Crippen molar-refractivity contribution in [3.05, 3.63) is 53.8 Å². The summed E-state index contributed by atoms with van der Waals surface area (Å²) in [4.78, 5) is 2.04. The summed E-state index contributed by atoms with van der Waals surface area (Å²) in [6.45, 7) is 0.623. The Morgan fingerprint density at radius 3 is 2.42 bits per heavy atom. The van der Waals surface area contributed by atoms with Gasteiger partial charge in [-0.3, -0.25) is 0 Å². The van der Waals surface area contributed by atoms with Gasteiger partial charge in [0.2, 0.25) is 0 Å². The number of halogens is 1. The summed E-state index contributed by atoms with van der Waals surface area (Å²) in [7, 11) is 3.60. The van der Waals surface area contributed by atoms with Crippen LogP contribution in [0.25, 0.3) is 0 Å². The van der Waals surface area contributed by atoms with Gasteiger partial charge in [0, 0.05) is 25.0 Å². The SMILES string of the molecule is COc1ccc(N(C)Cc2ccc(F)cc2N)cc1. The minimum atomic E-state index is -0.312. The van der Waals surface area contributed by atoms with E-state index in [0.29, 0.717) is 12.2 Å². The summed E-state index contributed by atoms with van der Waals surface area (Å²) in [5.74, 6) is 0.506. The van der Waals surface area contributed by atoms with Gasteiger partial charge in [0.1, 0.15) is 11.6 Å². The average Bonchev–Trinajstić information content (AvgIpc) is 2.42. The second-order valence-corrected chi connectivity index (χ2v) is 4.40. The van der Waals surface area contributed by atoms with Gasteiger partial charge in [0.15, 0.2) is 0 Å². The molecule has 0 radical (unpaired) electrons.